The Morgan fingerprint density at radius 3 is 2.47 bits per heavy atom. The highest BCUT2D eigenvalue weighted by Gasteiger charge is 2.21. The minimum absolute atomic E-state index is 0.0240. The lowest BCUT2D eigenvalue weighted by Crippen LogP contribution is -2.16. The predicted molar refractivity (Wildman–Crippen MR) is 71.4 cm³/mol. The lowest BCUT2D eigenvalue weighted by molar-refractivity contribution is 0.384. The molecule has 0 spiro atoms. The standard InChI is InChI=1S/C13H14N2O3S/c1-18-13-12(19(14,16)17)11(7-8-15-13)9-10-5-3-2-4-6-10/h2-8H,9H2,1H3,(H2,14,16,17). The van der Waals surface area contributed by atoms with Crippen molar-refractivity contribution in [1.29, 1.82) is 0 Å². The largest absolute Gasteiger partial charge is 0.480 e. The van der Waals surface area contributed by atoms with Gasteiger partial charge in [-0.2, -0.15) is 0 Å². The molecule has 0 saturated heterocycles. The first-order valence-corrected chi connectivity index (χ1v) is 7.15. The van der Waals surface area contributed by atoms with Gasteiger partial charge >= 0.3 is 0 Å². The Morgan fingerprint density at radius 1 is 1.21 bits per heavy atom. The number of rotatable bonds is 4. The first kappa shape index (κ1) is 13.5. The maximum Gasteiger partial charge on any atom is 0.243 e. The molecule has 0 saturated carbocycles. The Bertz CT molecular complexity index is 670. The molecule has 0 bridgehead atoms. The van der Waals surface area contributed by atoms with Crippen LogP contribution in [-0.2, 0) is 16.4 Å². The van der Waals surface area contributed by atoms with Gasteiger partial charge in [0.25, 0.3) is 0 Å². The first-order valence-electron chi connectivity index (χ1n) is 5.61. The normalized spacial score (nSPS) is 11.3. The van der Waals surface area contributed by atoms with Crippen LogP contribution in [0.1, 0.15) is 11.1 Å². The van der Waals surface area contributed by atoms with Crippen LogP contribution in [0.4, 0.5) is 0 Å². The summed E-state index contributed by atoms with van der Waals surface area (Å²) in [6.07, 6.45) is 1.96. The third-order valence-corrected chi connectivity index (χ3v) is 3.67. The van der Waals surface area contributed by atoms with Gasteiger partial charge in [0.05, 0.1) is 7.11 Å². The average molecular weight is 278 g/mol. The highest BCUT2D eigenvalue weighted by Crippen LogP contribution is 2.25. The Labute approximate surface area is 112 Å². The molecule has 0 amide bonds. The van der Waals surface area contributed by atoms with E-state index in [2.05, 4.69) is 4.98 Å². The van der Waals surface area contributed by atoms with E-state index in [0.717, 1.165) is 5.56 Å². The van der Waals surface area contributed by atoms with Crippen LogP contribution >= 0.6 is 0 Å². The van der Waals surface area contributed by atoms with Gasteiger partial charge in [-0.25, -0.2) is 18.5 Å². The number of hydrogen-bond acceptors (Lipinski definition) is 4. The van der Waals surface area contributed by atoms with Crippen LogP contribution in [0.25, 0.3) is 0 Å². The molecule has 1 aromatic carbocycles. The second-order valence-corrected chi connectivity index (χ2v) is 5.51. The SMILES string of the molecule is COc1nccc(Cc2ccccc2)c1S(N)(=O)=O. The molecule has 0 fully saturated rings. The number of nitrogens with two attached hydrogens (primary N) is 1. The third-order valence-electron chi connectivity index (χ3n) is 2.67. The first-order chi connectivity index (χ1) is 9.02. The van der Waals surface area contributed by atoms with Crippen LogP contribution < -0.4 is 9.88 Å². The molecule has 0 radical (unpaired) electrons. The van der Waals surface area contributed by atoms with E-state index in [-0.39, 0.29) is 10.8 Å². The van der Waals surface area contributed by atoms with Gasteiger partial charge in [0, 0.05) is 6.20 Å². The van der Waals surface area contributed by atoms with Crippen LogP contribution in [0, 0.1) is 0 Å². The summed E-state index contributed by atoms with van der Waals surface area (Å²) in [4.78, 5) is 3.83. The van der Waals surface area contributed by atoms with E-state index in [0.29, 0.717) is 12.0 Å². The van der Waals surface area contributed by atoms with Crippen molar-refractivity contribution < 1.29 is 13.2 Å². The van der Waals surface area contributed by atoms with Crippen LogP contribution in [0.5, 0.6) is 5.88 Å². The summed E-state index contributed by atoms with van der Waals surface area (Å²) in [6, 6.07) is 11.2. The quantitative estimate of drug-likeness (QED) is 0.914. The van der Waals surface area contributed by atoms with Crippen molar-refractivity contribution in [2.75, 3.05) is 7.11 Å². The summed E-state index contributed by atoms with van der Waals surface area (Å²) < 4.78 is 28.3. The van der Waals surface area contributed by atoms with E-state index in [1.807, 2.05) is 30.3 Å². The van der Waals surface area contributed by atoms with E-state index in [9.17, 15) is 8.42 Å². The third kappa shape index (κ3) is 3.10. The molecule has 0 unspecified atom stereocenters. The minimum Gasteiger partial charge on any atom is -0.480 e. The van der Waals surface area contributed by atoms with Gasteiger partial charge in [-0.3, -0.25) is 0 Å². The smallest absolute Gasteiger partial charge is 0.243 e. The zero-order valence-corrected chi connectivity index (χ0v) is 11.2. The fourth-order valence-corrected chi connectivity index (χ4v) is 2.76. The summed E-state index contributed by atoms with van der Waals surface area (Å²) in [5, 5.41) is 5.24. The molecule has 100 valence electrons. The van der Waals surface area contributed by atoms with Gasteiger partial charge < -0.3 is 4.74 Å². The average Bonchev–Trinajstić information content (AvgIpc) is 2.38. The van der Waals surface area contributed by atoms with Crippen LogP contribution in [0.15, 0.2) is 47.5 Å². The van der Waals surface area contributed by atoms with Gasteiger partial charge in [-0.05, 0) is 23.6 Å². The van der Waals surface area contributed by atoms with Crippen LogP contribution in [0.3, 0.4) is 0 Å². The Kier molecular flexibility index (Phi) is 3.82. The van der Waals surface area contributed by atoms with Crippen LogP contribution in [-0.4, -0.2) is 20.5 Å². The molecule has 0 atom stereocenters. The van der Waals surface area contributed by atoms with Crippen molar-refractivity contribution in [3.63, 3.8) is 0 Å². The summed E-state index contributed by atoms with van der Waals surface area (Å²) >= 11 is 0. The van der Waals surface area contributed by atoms with Crippen molar-refractivity contribution in [3.05, 3.63) is 53.7 Å². The number of methoxy groups -OCH3 is 1. The highest BCUT2D eigenvalue weighted by molar-refractivity contribution is 7.89. The second-order valence-electron chi connectivity index (χ2n) is 4.02. The maximum atomic E-state index is 11.7. The van der Waals surface area contributed by atoms with Gasteiger partial charge in [0.15, 0.2) is 0 Å². The fraction of sp³-hybridized carbons (Fsp3) is 0.154. The summed E-state index contributed by atoms with van der Waals surface area (Å²) in [5.41, 5.74) is 1.56. The Morgan fingerprint density at radius 2 is 1.89 bits per heavy atom. The van der Waals surface area contributed by atoms with Crippen molar-refractivity contribution >= 4 is 10.0 Å². The Balaban J connectivity index is 2.52. The molecule has 6 heteroatoms. The molecule has 0 aliphatic rings. The number of benzene rings is 1. The zero-order valence-electron chi connectivity index (χ0n) is 10.4. The number of ether oxygens (including phenoxy) is 1. The number of aromatic nitrogens is 1. The second kappa shape index (κ2) is 5.38. The van der Waals surface area contributed by atoms with E-state index in [1.54, 1.807) is 6.07 Å². The molecule has 2 aromatic rings. The number of nitrogens with zero attached hydrogens (tertiary/aromatic N) is 1. The summed E-state index contributed by atoms with van der Waals surface area (Å²) in [5.74, 6) is 0.0240. The van der Waals surface area contributed by atoms with Crippen molar-refractivity contribution in [2.45, 2.75) is 11.3 Å². The molecule has 0 aliphatic heterocycles. The Hall–Kier alpha value is -1.92. The monoisotopic (exact) mass is 278 g/mol. The van der Waals surface area contributed by atoms with Crippen LogP contribution in [0.2, 0.25) is 0 Å². The predicted octanol–water partition coefficient (Wildman–Crippen LogP) is 1.33. The molecule has 0 aliphatic carbocycles. The topological polar surface area (TPSA) is 82.3 Å². The molecule has 1 aromatic heterocycles. The van der Waals surface area contributed by atoms with Crippen molar-refractivity contribution in [1.82, 2.24) is 4.98 Å². The lowest BCUT2D eigenvalue weighted by atomic mass is 10.1. The van der Waals surface area contributed by atoms with E-state index < -0.39 is 10.0 Å². The van der Waals surface area contributed by atoms with E-state index in [4.69, 9.17) is 9.88 Å². The molecule has 5 nitrogen and oxygen atoms in total. The number of primary sulfonamides is 1. The van der Waals surface area contributed by atoms with Gasteiger partial charge in [0.2, 0.25) is 15.9 Å². The summed E-state index contributed by atoms with van der Waals surface area (Å²) in [7, 11) is -2.52. The molecule has 1 heterocycles. The number of pyridine rings is 1. The molecule has 2 N–H and O–H groups in total. The molecular formula is C13H14N2O3S. The summed E-state index contributed by atoms with van der Waals surface area (Å²) in [6.45, 7) is 0. The van der Waals surface area contributed by atoms with Gasteiger partial charge in [-0.1, -0.05) is 30.3 Å². The molecule has 19 heavy (non-hydrogen) atoms. The highest BCUT2D eigenvalue weighted by atomic mass is 32.2. The van der Waals surface area contributed by atoms with Gasteiger partial charge in [-0.15, -0.1) is 0 Å². The van der Waals surface area contributed by atoms with E-state index in [1.165, 1.54) is 13.3 Å². The fourth-order valence-electron chi connectivity index (χ4n) is 1.87. The number of hydrogen-bond donors (Lipinski definition) is 1. The lowest BCUT2D eigenvalue weighted by Gasteiger charge is -2.11. The number of sulfonamides is 1. The van der Waals surface area contributed by atoms with Crippen molar-refractivity contribution in [3.8, 4) is 5.88 Å². The van der Waals surface area contributed by atoms with E-state index >= 15 is 0 Å². The zero-order chi connectivity index (χ0) is 13.9. The molecule has 2 rings (SSSR count). The van der Waals surface area contributed by atoms with Crippen molar-refractivity contribution in [2.24, 2.45) is 5.14 Å². The van der Waals surface area contributed by atoms with Gasteiger partial charge in [0.1, 0.15) is 4.90 Å². The molecular weight excluding hydrogens is 264 g/mol. The minimum atomic E-state index is -3.88. The maximum absolute atomic E-state index is 11.7.